The summed E-state index contributed by atoms with van der Waals surface area (Å²) < 4.78 is 2.37. The van der Waals surface area contributed by atoms with Crippen molar-refractivity contribution in [1.82, 2.24) is 14.9 Å². The standard InChI is InChI=1S/C27H37N5O3S/c1-17-4-6-20(7-5-17)24-29-25(34)27(30-24)9-11-31(12-10-27)36-13-8-21-14-19(3)22(15-18(21)2)32-23(33)16-28-26(32)35/h14-15,17,20H,4-13,16H2,1-3H3,(H,28,35)(H,29,30,34). The Hall–Kier alpha value is -2.39. The first-order chi connectivity index (χ1) is 17.3. The molecule has 0 unspecified atom stereocenters. The molecule has 8 nitrogen and oxygen atoms in total. The Kier molecular flexibility index (Phi) is 7.14. The summed E-state index contributed by atoms with van der Waals surface area (Å²) in [6, 6.07) is 3.69. The third-order valence-electron chi connectivity index (χ3n) is 8.33. The fourth-order valence-electron chi connectivity index (χ4n) is 5.91. The molecule has 0 bridgehead atoms. The van der Waals surface area contributed by atoms with Crippen molar-refractivity contribution in [1.29, 1.82) is 0 Å². The van der Waals surface area contributed by atoms with Crippen molar-refractivity contribution in [3.8, 4) is 0 Å². The minimum Gasteiger partial charge on any atom is -0.328 e. The van der Waals surface area contributed by atoms with Crippen molar-refractivity contribution in [3.05, 3.63) is 28.8 Å². The summed E-state index contributed by atoms with van der Waals surface area (Å²) in [6.45, 7) is 8.08. The third-order valence-corrected chi connectivity index (χ3v) is 9.45. The van der Waals surface area contributed by atoms with Gasteiger partial charge in [-0.05, 0) is 74.6 Å². The van der Waals surface area contributed by atoms with E-state index in [1.807, 2.05) is 31.9 Å². The molecule has 0 radical (unpaired) electrons. The lowest BCUT2D eigenvalue weighted by molar-refractivity contribution is -0.125. The highest BCUT2D eigenvalue weighted by molar-refractivity contribution is 7.97. The number of carbonyl (C=O) groups excluding carboxylic acids is 3. The zero-order valence-corrected chi connectivity index (χ0v) is 22.4. The molecule has 36 heavy (non-hydrogen) atoms. The van der Waals surface area contributed by atoms with Crippen LogP contribution in [0, 0.1) is 25.7 Å². The Morgan fingerprint density at radius 2 is 1.78 bits per heavy atom. The van der Waals surface area contributed by atoms with E-state index in [9.17, 15) is 14.4 Å². The monoisotopic (exact) mass is 511 g/mol. The first-order valence-electron chi connectivity index (χ1n) is 13.3. The predicted molar refractivity (Wildman–Crippen MR) is 143 cm³/mol. The second kappa shape index (κ2) is 10.2. The molecule has 1 aromatic rings. The van der Waals surface area contributed by atoms with Gasteiger partial charge in [-0.1, -0.05) is 37.8 Å². The number of nitrogens with zero attached hydrogens (tertiary/aromatic N) is 3. The fraction of sp³-hybridized carbons (Fsp3) is 0.630. The number of amides is 4. The minimum atomic E-state index is -0.557. The number of piperidine rings is 1. The number of urea groups is 1. The summed E-state index contributed by atoms with van der Waals surface area (Å²) in [6.07, 6.45) is 7.19. The van der Waals surface area contributed by atoms with Gasteiger partial charge in [0, 0.05) is 24.8 Å². The van der Waals surface area contributed by atoms with E-state index in [0.717, 1.165) is 73.8 Å². The Labute approximate surface area is 217 Å². The lowest BCUT2D eigenvalue weighted by Crippen LogP contribution is -2.47. The molecule has 0 aromatic heterocycles. The first-order valence-corrected chi connectivity index (χ1v) is 14.2. The highest BCUT2D eigenvalue weighted by atomic mass is 32.2. The van der Waals surface area contributed by atoms with Crippen molar-refractivity contribution >= 4 is 41.3 Å². The van der Waals surface area contributed by atoms with Crippen molar-refractivity contribution in [2.45, 2.75) is 71.3 Å². The van der Waals surface area contributed by atoms with Crippen LogP contribution in [0.25, 0.3) is 0 Å². The summed E-state index contributed by atoms with van der Waals surface area (Å²) in [5.74, 6) is 3.00. The first kappa shape index (κ1) is 25.3. The van der Waals surface area contributed by atoms with Crippen LogP contribution >= 0.6 is 11.9 Å². The fourth-order valence-corrected chi connectivity index (χ4v) is 6.93. The van der Waals surface area contributed by atoms with Gasteiger partial charge in [-0.3, -0.25) is 18.9 Å². The zero-order chi connectivity index (χ0) is 25.4. The van der Waals surface area contributed by atoms with Crippen LogP contribution in [0.15, 0.2) is 17.1 Å². The SMILES string of the molecule is Cc1cc(N2C(=O)CNC2=O)c(C)cc1CCSN1CCC2(CC1)N=C(C1CCC(C)CC1)NC2=O. The van der Waals surface area contributed by atoms with Crippen molar-refractivity contribution in [2.24, 2.45) is 16.8 Å². The lowest BCUT2D eigenvalue weighted by Gasteiger charge is -2.34. The van der Waals surface area contributed by atoms with Crippen molar-refractivity contribution in [3.63, 3.8) is 0 Å². The quantitative estimate of drug-likeness (QED) is 0.448. The maximum atomic E-state index is 12.9. The molecule has 3 fully saturated rings. The molecular weight excluding hydrogens is 474 g/mol. The average molecular weight is 512 g/mol. The molecule has 194 valence electrons. The van der Waals surface area contributed by atoms with Crippen LogP contribution in [-0.4, -0.2) is 58.9 Å². The topological polar surface area (TPSA) is 94.1 Å². The summed E-state index contributed by atoms with van der Waals surface area (Å²) in [7, 11) is 0. The maximum absolute atomic E-state index is 12.9. The molecule has 3 heterocycles. The number of benzene rings is 1. The molecule has 9 heteroatoms. The van der Waals surface area contributed by atoms with Gasteiger partial charge < -0.3 is 10.6 Å². The van der Waals surface area contributed by atoms with Gasteiger partial charge in [-0.2, -0.15) is 0 Å². The molecule has 1 aromatic carbocycles. The summed E-state index contributed by atoms with van der Waals surface area (Å²) in [5, 5.41) is 5.74. The number of aliphatic imine (C=N–C) groups is 1. The van der Waals surface area contributed by atoms with Crippen LogP contribution in [0.3, 0.4) is 0 Å². The van der Waals surface area contributed by atoms with Gasteiger partial charge in [0.05, 0.1) is 12.2 Å². The Balaban J connectivity index is 1.13. The van der Waals surface area contributed by atoms with Crippen LogP contribution < -0.4 is 15.5 Å². The van der Waals surface area contributed by atoms with Crippen LogP contribution in [0.5, 0.6) is 0 Å². The number of carbonyl (C=O) groups is 3. The van der Waals surface area contributed by atoms with E-state index in [-0.39, 0.29) is 24.4 Å². The molecule has 3 aliphatic heterocycles. The summed E-state index contributed by atoms with van der Waals surface area (Å²) in [4.78, 5) is 43.3. The number of anilines is 1. The molecule has 4 aliphatic rings. The van der Waals surface area contributed by atoms with E-state index in [0.29, 0.717) is 11.6 Å². The number of hydrogen-bond donors (Lipinski definition) is 2. The molecule has 0 atom stereocenters. The van der Waals surface area contributed by atoms with Crippen molar-refractivity contribution < 1.29 is 14.4 Å². The zero-order valence-electron chi connectivity index (χ0n) is 21.6. The van der Waals surface area contributed by atoms with Gasteiger partial charge in [0.15, 0.2) is 0 Å². The third kappa shape index (κ3) is 4.92. The normalized spacial score (nSPS) is 26.4. The van der Waals surface area contributed by atoms with Crippen LogP contribution in [-0.2, 0) is 16.0 Å². The molecular formula is C27H37N5O3S. The Bertz CT molecular complexity index is 1070. The van der Waals surface area contributed by atoms with E-state index < -0.39 is 5.54 Å². The molecule has 2 saturated heterocycles. The number of nitrogens with one attached hydrogen (secondary N) is 2. The van der Waals surface area contributed by atoms with E-state index in [2.05, 4.69) is 27.9 Å². The Morgan fingerprint density at radius 3 is 2.44 bits per heavy atom. The van der Waals surface area contributed by atoms with Gasteiger partial charge in [0.25, 0.3) is 11.8 Å². The number of aryl methyl sites for hydroxylation is 3. The maximum Gasteiger partial charge on any atom is 0.329 e. The molecule has 1 spiro atoms. The number of imide groups is 1. The Morgan fingerprint density at radius 1 is 1.06 bits per heavy atom. The summed E-state index contributed by atoms with van der Waals surface area (Å²) in [5.41, 5.74) is 3.36. The van der Waals surface area contributed by atoms with Gasteiger partial charge in [0.1, 0.15) is 11.4 Å². The van der Waals surface area contributed by atoms with Crippen molar-refractivity contribution in [2.75, 3.05) is 30.3 Å². The van der Waals surface area contributed by atoms with Crippen LogP contribution in [0.2, 0.25) is 0 Å². The molecule has 5 rings (SSSR count). The van der Waals surface area contributed by atoms with Gasteiger partial charge in [-0.25, -0.2) is 9.69 Å². The second-order valence-electron chi connectivity index (χ2n) is 10.9. The van der Waals surface area contributed by atoms with Gasteiger partial charge in [0.2, 0.25) is 0 Å². The number of hydrogen-bond acceptors (Lipinski definition) is 6. The number of amidine groups is 1. The minimum absolute atomic E-state index is 0.0565. The highest BCUT2D eigenvalue weighted by Crippen LogP contribution is 2.36. The molecule has 2 N–H and O–H groups in total. The van der Waals surface area contributed by atoms with Gasteiger partial charge in [-0.15, -0.1) is 0 Å². The molecule has 1 aliphatic carbocycles. The van der Waals surface area contributed by atoms with Crippen LogP contribution in [0.1, 0.15) is 62.1 Å². The largest absolute Gasteiger partial charge is 0.329 e. The average Bonchev–Trinajstić information content (AvgIpc) is 3.36. The predicted octanol–water partition coefficient (Wildman–Crippen LogP) is 3.74. The molecule has 4 amide bonds. The lowest BCUT2D eigenvalue weighted by atomic mass is 9.82. The van der Waals surface area contributed by atoms with E-state index in [1.165, 1.54) is 23.3 Å². The smallest absolute Gasteiger partial charge is 0.328 e. The van der Waals surface area contributed by atoms with E-state index in [1.54, 1.807) is 0 Å². The van der Waals surface area contributed by atoms with E-state index >= 15 is 0 Å². The number of rotatable bonds is 6. The van der Waals surface area contributed by atoms with Crippen LogP contribution in [0.4, 0.5) is 10.5 Å². The van der Waals surface area contributed by atoms with E-state index in [4.69, 9.17) is 4.99 Å². The molecule has 1 saturated carbocycles. The summed E-state index contributed by atoms with van der Waals surface area (Å²) >= 11 is 1.83. The van der Waals surface area contributed by atoms with Gasteiger partial charge >= 0.3 is 6.03 Å². The highest BCUT2D eigenvalue weighted by Gasteiger charge is 2.47. The second-order valence-corrected chi connectivity index (χ2v) is 12.1.